The Hall–Kier alpha value is -1.29. The number of hydrogen-bond donors (Lipinski definition) is 0. The lowest BCUT2D eigenvalue weighted by Crippen LogP contribution is -2.09. The van der Waals surface area contributed by atoms with Crippen LogP contribution in [-0.4, -0.2) is 19.7 Å². The lowest BCUT2D eigenvalue weighted by atomic mass is 10.1. The van der Waals surface area contributed by atoms with Crippen molar-refractivity contribution in [3.05, 3.63) is 26.8 Å². The van der Waals surface area contributed by atoms with E-state index in [1.807, 2.05) is 28.7 Å². The van der Waals surface area contributed by atoms with E-state index in [0.717, 1.165) is 0 Å². The molecule has 0 aliphatic heterocycles. The number of carbonyl (C=O) groups is 1. The van der Waals surface area contributed by atoms with Crippen molar-refractivity contribution in [3.63, 3.8) is 0 Å². The number of methoxy groups -OCH3 is 1. The van der Waals surface area contributed by atoms with Crippen LogP contribution in [0, 0.1) is 14.9 Å². The highest BCUT2D eigenvalue weighted by atomic mass is 127. The average molecular weight is 331 g/mol. The van der Waals surface area contributed by atoms with Crippen LogP contribution < -0.4 is 4.74 Å². The number of esters is 1. The molecule has 1 rings (SSSR count). The fourth-order valence-corrected chi connectivity index (χ4v) is 2.03. The molecule has 0 unspecified atom stereocenters. The van der Waals surface area contributed by atoms with Crippen LogP contribution >= 0.6 is 22.6 Å². The zero-order valence-corrected chi connectivity index (χ0v) is 11.1. The first-order valence-corrected chi connectivity index (χ1v) is 5.66. The Labute approximate surface area is 107 Å². The minimum Gasteiger partial charge on any atom is -0.496 e. The lowest BCUT2D eigenvalue weighted by molar-refractivity contribution is 0.0521. The molecule has 5 heteroatoms. The topological polar surface area (TPSA) is 59.3 Å². The first-order chi connectivity index (χ1) is 7.63. The summed E-state index contributed by atoms with van der Waals surface area (Å²) in [5.41, 5.74) is 0.818. The third-order valence-corrected chi connectivity index (χ3v) is 2.73. The Kier molecular flexibility index (Phi) is 4.55. The standard InChI is InChI=1S/C11H10INO3/c1-3-16-11(14)10-8(12)4-7(6-13)5-9(10)15-2/h4-5H,3H2,1-2H3. The van der Waals surface area contributed by atoms with Gasteiger partial charge in [0.05, 0.1) is 25.3 Å². The summed E-state index contributed by atoms with van der Waals surface area (Å²) < 4.78 is 10.6. The minimum atomic E-state index is -0.437. The van der Waals surface area contributed by atoms with Crippen LogP contribution in [0.25, 0.3) is 0 Å². The number of ether oxygens (including phenoxy) is 2. The van der Waals surface area contributed by atoms with E-state index in [9.17, 15) is 4.79 Å². The molecule has 1 aromatic rings. The predicted octanol–water partition coefficient (Wildman–Crippen LogP) is 2.35. The molecule has 0 aromatic heterocycles. The number of rotatable bonds is 3. The fourth-order valence-electron chi connectivity index (χ4n) is 1.21. The zero-order valence-electron chi connectivity index (χ0n) is 8.91. The van der Waals surface area contributed by atoms with E-state index in [1.165, 1.54) is 13.2 Å². The molecule has 1 aromatic carbocycles. The second kappa shape index (κ2) is 5.70. The summed E-state index contributed by atoms with van der Waals surface area (Å²) in [4.78, 5) is 11.7. The van der Waals surface area contributed by atoms with Crippen molar-refractivity contribution in [2.24, 2.45) is 0 Å². The highest BCUT2D eigenvalue weighted by Crippen LogP contribution is 2.26. The highest BCUT2D eigenvalue weighted by Gasteiger charge is 2.18. The SMILES string of the molecule is CCOC(=O)c1c(I)cc(C#N)cc1OC. The number of hydrogen-bond acceptors (Lipinski definition) is 4. The Balaban J connectivity index is 3.28. The quantitative estimate of drug-likeness (QED) is 0.630. The van der Waals surface area contributed by atoms with Crippen molar-refractivity contribution in [1.82, 2.24) is 0 Å². The third-order valence-electron chi connectivity index (χ3n) is 1.88. The molecule has 0 spiro atoms. The van der Waals surface area contributed by atoms with Gasteiger partial charge in [0.25, 0.3) is 0 Å². The molecule has 0 aliphatic carbocycles. The van der Waals surface area contributed by atoms with Crippen LogP contribution in [0.5, 0.6) is 5.75 Å². The molecule has 0 atom stereocenters. The van der Waals surface area contributed by atoms with Crippen molar-refractivity contribution in [1.29, 1.82) is 5.26 Å². The molecule has 0 radical (unpaired) electrons. The minimum absolute atomic E-state index is 0.304. The molecule has 0 amide bonds. The molecule has 0 bridgehead atoms. The van der Waals surface area contributed by atoms with E-state index >= 15 is 0 Å². The number of benzene rings is 1. The Morgan fingerprint density at radius 1 is 1.56 bits per heavy atom. The molecule has 0 fully saturated rings. The molecule has 0 aliphatic rings. The zero-order chi connectivity index (χ0) is 12.1. The molecule has 0 N–H and O–H groups in total. The molecular formula is C11H10INO3. The van der Waals surface area contributed by atoms with Crippen molar-refractivity contribution in [2.45, 2.75) is 6.92 Å². The van der Waals surface area contributed by atoms with E-state index in [-0.39, 0.29) is 0 Å². The lowest BCUT2D eigenvalue weighted by Gasteiger charge is -2.10. The first-order valence-electron chi connectivity index (χ1n) is 4.58. The van der Waals surface area contributed by atoms with Gasteiger partial charge in [-0.1, -0.05) is 0 Å². The van der Waals surface area contributed by atoms with Gasteiger partial charge in [0.1, 0.15) is 11.3 Å². The third kappa shape index (κ3) is 2.64. The van der Waals surface area contributed by atoms with Crippen LogP contribution in [0.1, 0.15) is 22.8 Å². The van der Waals surface area contributed by atoms with Crippen LogP contribution in [0.2, 0.25) is 0 Å². The van der Waals surface area contributed by atoms with Crippen molar-refractivity contribution >= 4 is 28.6 Å². The van der Waals surface area contributed by atoms with Gasteiger partial charge in [-0.3, -0.25) is 0 Å². The van der Waals surface area contributed by atoms with Gasteiger partial charge in [-0.05, 0) is 41.6 Å². The Morgan fingerprint density at radius 3 is 2.75 bits per heavy atom. The van der Waals surface area contributed by atoms with Gasteiger partial charge in [-0.25, -0.2) is 4.79 Å². The molecular weight excluding hydrogens is 321 g/mol. The van der Waals surface area contributed by atoms with Crippen molar-refractivity contribution in [2.75, 3.05) is 13.7 Å². The van der Waals surface area contributed by atoms with E-state index in [1.54, 1.807) is 13.0 Å². The highest BCUT2D eigenvalue weighted by molar-refractivity contribution is 14.1. The number of nitriles is 1. The maximum Gasteiger partial charge on any atom is 0.343 e. The molecule has 84 valence electrons. The van der Waals surface area contributed by atoms with Crippen molar-refractivity contribution in [3.8, 4) is 11.8 Å². The number of carbonyl (C=O) groups excluding carboxylic acids is 1. The molecule has 0 saturated heterocycles. The molecule has 16 heavy (non-hydrogen) atoms. The molecule has 0 saturated carbocycles. The number of nitrogens with zero attached hydrogens (tertiary/aromatic N) is 1. The molecule has 4 nitrogen and oxygen atoms in total. The summed E-state index contributed by atoms with van der Waals surface area (Å²) in [7, 11) is 1.45. The van der Waals surface area contributed by atoms with Gasteiger partial charge in [0.2, 0.25) is 0 Å². The summed E-state index contributed by atoms with van der Waals surface area (Å²) in [5, 5.41) is 8.79. The summed E-state index contributed by atoms with van der Waals surface area (Å²) >= 11 is 1.98. The van der Waals surface area contributed by atoms with E-state index in [0.29, 0.717) is 27.1 Å². The van der Waals surface area contributed by atoms with Gasteiger partial charge < -0.3 is 9.47 Å². The van der Waals surface area contributed by atoms with Gasteiger partial charge in [0.15, 0.2) is 0 Å². The van der Waals surface area contributed by atoms with Gasteiger partial charge in [0, 0.05) is 3.57 Å². The second-order valence-corrected chi connectivity index (χ2v) is 4.03. The maximum absolute atomic E-state index is 11.7. The summed E-state index contributed by atoms with van der Waals surface area (Å²) in [6.45, 7) is 2.04. The van der Waals surface area contributed by atoms with Gasteiger partial charge in [-0.15, -0.1) is 0 Å². The smallest absolute Gasteiger partial charge is 0.343 e. The average Bonchev–Trinajstić information content (AvgIpc) is 2.27. The largest absolute Gasteiger partial charge is 0.496 e. The predicted molar refractivity (Wildman–Crippen MR) is 66.4 cm³/mol. The Bertz CT molecular complexity index is 451. The normalized spacial score (nSPS) is 9.38. The fraction of sp³-hybridized carbons (Fsp3) is 0.273. The van der Waals surface area contributed by atoms with Gasteiger partial charge in [-0.2, -0.15) is 5.26 Å². The van der Waals surface area contributed by atoms with Crippen LogP contribution in [0.4, 0.5) is 0 Å². The summed E-state index contributed by atoms with van der Waals surface area (Å²) in [5.74, 6) is -0.0739. The van der Waals surface area contributed by atoms with Gasteiger partial charge >= 0.3 is 5.97 Å². The maximum atomic E-state index is 11.7. The van der Waals surface area contributed by atoms with Crippen molar-refractivity contribution < 1.29 is 14.3 Å². The van der Waals surface area contributed by atoms with E-state index in [2.05, 4.69) is 0 Å². The molecule has 0 heterocycles. The van der Waals surface area contributed by atoms with Crippen LogP contribution in [0.3, 0.4) is 0 Å². The summed E-state index contributed by atoms with van der Waals surface area (Å²) in [6, 6.07) is 5.15. The van der Waals surface area contributed by atoms with E-state index in [4.69, 9.17) is 14.7 Å². The first kappa shape index (κ1) is 12.8. The van der Waals surface area contributed by atoms with Crippen LogP contribution in [-0.2, 0) is 4.74 Å². The monoisotopic (exact) mass is 331 g/mol. The van der Waals surface area contributed by atoms with Crippen LogP contribution in [0.15, 0.2) is 12.1 Å². The van der Waals surface area contributed by atoms with E-state index < -0.39 is 5.97 Å². The summed E-state index contributed by atoms with van der Waals surface area (Å²) in [6.07, 6.45) is 0. The Morgan fingerprint density at radius 2 is 2.25 bits per heavy atom. The second-order valence-electron chi connectivity index (χ2n) is 2.87. The number of halogens is 1.